The minimum absolute atomic E-state index is 0.0937. The van der Waals surface area contributed by atoms with Crippen molar-refractivity contribution in [2.24, 2.45) is 0 Å². The maximum atomic E-state index is 13.3. The van der Waals surface area contributed by atoms with Crippen molar-refractivity contribution in [3.05, 3.63) is 59.7 Å². The zero-order chi connectivity index (χ0) is 22.4. The van der Waals surface area contributed by atoms with Crippen LogP contribution in [0.4, 0.5) is 20.2 Å². The Morgan fingerprint density at radius 2 is 1.74 bits per heavy atom. The first-order chi connectivity index (χ1) is 14.9. The number of para-hydroxylation sites is 2. The molecule has 1 heterocycles. The number of nitrogens with one attached hydrogen (secondary N) is 2. The van der Waals surface area contributed by atoms with E-state index in [0.29, 0.717) is 5.69 Å². The van der Waals surface area contributed by atoms with Gasteiger partial charge in [-0.1, -0.05) is 25.1 Å². The van der Waals surface area contributed by atoms with Crippen LogP contribution in [0.3, 0.4) is 0 Å². The van der Waals surface area contributed by atoms with Crippen LogP contribution in [0.1, 0.15) is 18.6 Å². The SMILES string of the molecule is CCN1CCN(c2ccccc2NC(=O)C(=O)NC[C@@H](O)c2ccc(F)c(F)c2)CC1. The van der Waals surface area contributed by atoms with E-state index in [-0.39, 0.29) is 12.1 Å². The van der Waals surface area contributed by atoms with Gasteiger partial charge in [0, 0.05) is 32.7 Å². The monoisotopic (exact) mass is 432 g/mol. The van der Waals surface area contributed by atoms with Crippen molar-refractivity contribution in [3.8, 4) is 0 Å². The average molecular weight is 432 g/mol. The number of carbonyl (C=O) groups is 2. The Balaban J connectivity index is 1.57. The van der Waals surface area contributed by atoms with E-state index < -0.39 is 29.6 Å². The zero-order valence-electron chi connectivity index (χ0n) is 17.3. The Morgan fingerprint density at radius 1 is 1.03 bits per heavy atom. The van der Waals surface area contributed by atoms with Gasteiger partial charge in [0.15, 0.2) is 11.6 Å². The van der Waals surface area contributed by atoms with Crippen molar-refractivity contribution in [2.75, 3.05) is 49.5 Å². The number of anilines is 2. The molecule has 3 rings (SSSR count). The van der Waals surface area contributed by atoms with Crippen molar-refractivity contribution >= 4 is 23.2 Å². The molecule has 0 bridgehead atoms. The molecule has 0 spiro atoms. The van der Waals surface area contributed by atoms with Crippen LogP contribution < -0.4 is 15.5 Å². The van der Waals surface area contributed by atoms with Gasteiger partial charge >= 0.3 is 11.8 Å². The summed E-state index contributed by atoms with van der Waals surface area (Å²) in [6, 6.07) is 10.2. The zero-order valence-corrected chi connectivity index (χ0v) is 17.3. The van der Waals surface area contributed by atoms with Crippen molar-refractivity contribution in [3.63, 3.8) is 0 Å². The molecule has 0 aliphatic carbocycles. The average Bonchev–Trinajstić information content (AvgIpc) is 2.79. The molecule has 9 heteroatoms. The van der Waals surface area contributed by atoms with Crippen molar-refractivity contribution in [1.82, 2.24) is 10.2 Å². The molecular formula is C22H26F2N4O3. The number of aliphatic hydroxyl groups is 1. The summed E-state index contributed by atoms with van der Waals surface area (Å²) in [5.74, 6) is -3.95. The Morgan fingerprint density at radius 3 is 2.42 bits per heavy atom. The molecule has 7 nitrogen and oxygen atoms in total. The number of aliphatic hydroxyl groups excluding tert-OH is 1. The predicted octanol–water partition coefficient (Wildman–Crippen LogP) is 1.89. The summed E-state index contributed by atoms with van der Waals surface area (Å²) in [4.78, 5) is 29.0. The molecule has 2 aromatic rings. The first-order valence-corrected chi connectivity index (χ1v) is 10.2. The summed E-state index contributed by atoms with van der Waals surface area (Å²) in [5, 5.41) is 15.0. The lowest BCUT2D eigenvalue weighted by atomic mass is 10.1. The second kappa shape index (κ2) is 10.3. The summed E-state index contributed by atoms with van der Waals surface area (Å²) in [7, 11) is 0. The summed E-state index contributed by atoms with van der Waals surface area (Å²) < 4.78 is 26.3. The van der Waals surface area contributed by atoms with E-state index >= 15 is 0 Å². The molecule has 0 aromatic heterocycles. The number of likely N-dealkylation sites (N-methyl/N-ethyl adjacent to an activating group) is 1. The maximum Gasteiger partial charge on any atom is 0.313 e. The number of halogens is 2. The molecule has 2 amide bonds. The molecule has 3 N–H and O–H groups in total. The molecule has 0 saturated carbocycles. The Hall–Kier alpha value is -3.04. The molecule has 0 unspecified atom stereocenters. The third-order valence-corrected chi connectivity index (χ3v) is 5.30. The van der Waals surface area contributed by atoms with Gasteiger partial charge in [-0.25, -0.2) is 8.78 Å². The highest BCUT2D eigenvalue weighted by molar-refractivity contribution is 6.39. The van der Waals surface area contributed by atoms with Gasteiger partial charge in [0.05, 0.1) is 17.5 Å². The Kier molecular flexibility index (Phi) is 7.54. The lowest BCUT2D eigenvalue weighted by molar-refractivity contribution is -0.136. The Bertz CT molecular complexity index is 933. The van der Waals surface area contributed by atoms with Gasteiger partial charge in [-0.2, -0.15) is 0 Å². The highest BCUT2D eigenvalue weighted by Gasteiger charge is 2.21. The maximum absolute atomic E-state index is 13.3. The minimum atomic E-state index is -1.28. The van der Waals surface area contributed by atoms with E-state index in [2.05, 4.69) is 27.4 Å². The number of hydrogen-bond donors (Lipinski definition) is 3. The van der Waals surface area contributed by atoms with Gasteiger partial charge in [0.1, 0.15) is 0 Å². The molecule has 1 aliphatic rings. The number of piperazine rings is 1. The first-order valence-electron chi connectivity index (χ1n) is 10.2. The van der Waals surface area contributed by atoms with E-state index in [1.165, 1.54) is 6.07 Å². The number of rotatable bonds is 6. The quantitative estimate of drug-likeness (QED) is 0.608. The van der Waals surface area contributed by atoms with Gasteiger partial charge < -0.3 is 25.5 Å². The van der Waals surface area contributed by atoms with Crippen LogP contribution in [0, 0.1) is 11.6 Å². The topological polar surface area (TPSA) is 84.9 Å². The summed E-state index contributed by atoms with van der Waals surface area (Å²) in [6.07, 6.45) is -1.28. The van der Waals surface area contributed by atoms with E-state index in [9.17, 15) is 23.5 Å². The number of benzene rings is 2. The van der Waals surface area contributed by atoms with E-state index in [0.717, 1.165) is 50.5 Å². The second-order valence-electron chi connectivity index (χ2n) is 7.29. The van der Waals surface area contributed by atoms with Crippen LogP contribution >= 0.6 is 0 Å². The number of nitrogens with zero attached hydrogens (tertiary/aromatic N) is 2. The molecule has 1 aliphatic heterocycles. The normalized spacial score (nSPS) is 15.4. The smallest absolute Gasteiger partial charge is 0.313 e. The number of carbonyl (C=O) groups excluding carboxylic acids is 2. The van der Waals surface area contributed by atoms with Gasteiger partial charge in [0.25, 0.3) is 0 Å². The van der Waals surface area contributed by atoms with E-state index in [1.807, 2.05) is 12.1 Å². The van der Waals surface area contributed by atoms with Crippen LogP contribution in [0.25, 0.3) is 0 Å². The van der Waals surface area contributed by atoms with E-state index in [4.69, 9.17) is 0 Å². The second-order valence-corrected chi connectivity index (χ2v) is 7.29. The molecular weight excluding hydrogens is 406 g/mol. The van der Waals surface area contributed by atoms with Crippen molar-refractivity contribution in [2.45, 2.75) is 13.0 Å². The van der Waals surface area contributed by atoms with Crippen molar-refractivity contribution in [1.29, 1.82) is 0 Å². The molecule has 2 aromatic carbocycles. The molecule has 31 heavy (non-hydrogen) atoms. The number of hydrogen-bond acceptors (Lipinski definition) is 5. The summed E-state index contributed by atoms with van der Waals surface area (Å²) >= 11 is 0. The molecule has 0 radical (unpaired) electrons. The fourth-order valence-corrected chi connectivity index (χ4v) is 3.45. The highest BCUT2D eigenvalue weighted by atomic mass is 19.2. The summed E-state index contributed by atoms with van der Waals surface area (Å²) in [6.45, 7) is 6.25. The number of amides is 2. The van der Waals surface area contributed by atoms with Crippen LogP contribution in [0.5, 0.6) is 0 Å². The minimum Gasteiger partial charge on any atom is -0.387 e. The fraction of sp³-hybridized carbons (Fsp3) is 0.364. The molecule has 1 saturated heterocycles. The summed E-state index contributed by atoms with van der Waals surface area (Å²) in [5.41, 5.74) is 1.45. The predicted molar refractivity (Wildman–Crippen MR) is 114 cm³/mol. The lowest BCUT2D eigenvalue weighted by Gasteiger charge is -2.36. The fourth-order valence-electron chi connectivity index (χ4n) is 3.45. The van der Waals surface area contributed by atoms with E-state index in [1.54, 1.807) is 12.1 Å². The molecule has 1 atom stereocenters. The largest absolute Gasteiger partial charge is 0.387 e. The molecule has 166 valence electrons. The van der Waals surface area contributed by atoms with Crippen LogP contribution in [0.15, 0.2) is 42.5 Å². The van der Waals surface area contributed by atoms with Gasteiger partial charge in [-0.15, -0.1) is 0 Å². The van der Waals surface area contributed by atoms with Crippen LogP contribution in [-0.2, 0) is 9.59 Å². The Labute approximate surface area is 179 Å². The van der Waals surface area contributed by atoms with Gasteiger partial charge in [-0.3, -0.25) is 9.59 Å². The third kappa shape index (κ3) is 5.77. The molecule has 1 fully saturated rings. The highest BCUT2D eigenvalue weighted by Crippen LogP contribution is 2.26. The standard InChI is InChI=1S/C22H26F2N4O3/c1-2-27-9-11-28(12-10-27)19-6-4-3-5-18(19)26-22(31)21(30)25-14-20(29)15-7-8-16(23)17(24)13-15/h3-8,13,20,29H,2,9-12,14H2,1H3,(H,25,30)(H,26,31)/t20-/m1/s1. The first kappa shape index (κ1) is 22.6. The van der Waals surface area contributed by atoms with Crippen LogP contribution in [-0.4, -0.2) is 61.1 Å². The van der Waals surface area contributed by atoms with Gasteiger partial charge in [-0.05, 0) is 36.4 Å². The third-order valence-electron chi connectivity index (χ3n) is 5.30. The van der Waals surface area contributed by atoms with Gasteiger partial charge in [0.2, 0.25) is 0 Å². The lowest BCUT2D eigenvalue weighted by Crippen LogP contribution is -2.46. The van der Waals surface area contributed by atoms with Crippen molar-refractivity contribution < 1.29 is 23.5 Å². The van der Waals surface area contributed by atoms with Crippen LogP contribution in [0.2, 0.25) is 0 Å².